The average Bonchev–Trinajstić information content (AvgIpc) is 2.75. The predicted octanol–water partition coefficient (Wildman–Crippen LogP) is 4.79. The highest BCUT2D eigenvalue weighted by molar-refractivity contribution is 6.46. The van der Waals surface area contributed by atoms with Gasteiger partial charge in [-0.05, 0) is 43.3 Å². The fourth-order valence-electron chi connectivity index (χ4n) is 2.68. The van der Waals surface area contributed by atoms with Gasteiger partial charge in [-0.2, -0.15) is 0 Å². The summed E-state index contributed by atoms with van der Waals surface area (Å²) >= 11 is 0. The normalized spacial score (nSPS) is 10.9. The van der Waals surface area contributed by atoms with Crippen LogP contribution < -0.4 is 20.1 Å². The number of amidine groups is 1. The molecule has 148 valence electrons. The van der Waals surface area contributed by atoms with Gasteiger partial charge in [-0.3, -0.25) is 4.79 Å². The van der Waals surface area contributed by atoms with Crippen LogP contribution in [0.3, 0.4) is 0 Å². The number of carbonyl (C=O) groups excluding carboxylic acids is 1. The molecule has 6 heteroatoms. The molecule has 0 fully saturated rings. The number of amides is 1. The number of nitrogens with zero attached hydrogens (tertiary/aromatic N) is 1. The number of aryl methyl sites for hydroxylation is 1. The number of methoxy groups -OCH3 is 2. The Morgan fingerprint density at radius 3 is 2.10 bits per heavy atom. The van der Waals surface area contributed by atoms with Gasteiger partial charge in [0, 0.05) is 5.69 Å². The van der Waals surface area contributed by atoms with E-state index in [0.717, 1.165) is 11.3 Å². The first-order valence-corrected chi connectivity index (χ1v) is 9.10. The molecule has 0 heterocycles. The number of aliphatic imine (C=N–C) groups is 1. The maximum atomic E-state index is 13.1. The van der Waals surface area contributed by atoms with Gasteiger partial charge in [-0.1, -0.05) is 42.0 Å². The van der Waals surface area contributed by atoms with Crippen molar-refractivity contribution < 1.29 is 14.3 Å². The Bertz CT molecular complexity index is 1010. The van der Waals surface area contributed by atoms with Crippen LogP contribution in [0.25, 0.3) is 0 Å². The van der Waals surface area contributed by atoms with Gasteiger partial charge in [0.15, 0.2) is 5.84 Å². The first-order chi connectivity index (χ1) is 14.1. The van der Waals surface area contributed by atoms with Gasteiger partial charge < -0.3 is 20.1 Å². The highest BCUT2D eigenvalue weighted by Gasteiger charge is 2.16. The highest BCUT2D eigenvalue weighted by atomic mass is 16.5. The molecule has 6 nitrogen and oxygen atoms in total. The third kappa shape index (κ3) is 5.13. The summed E-state index contributed by atoms with van der Waals surface area (Å²) in [6.45, 7) is 2.00. The summed E-state index contributed by atoms with van der Waals surface area (Å²) in [5, 5.41) is 5.96. The van der Waals surface area contributed by atoms with Crippen molar-refractivity contribution in [1.82, 2.24) is 0 Å². The van der Waals surface area contributed by atoms with Crippen LogP contribution in [0.4, 0.5) is 17.1 Å². The average molecular weight is 389 g/mol. The monoisotopic (exact) mass is 389 g/mol. The molecule has 29 heavy (non-hydrogen) atoms. The van der Waals surface area contributed by atoms with Gasteiger partial charge in [0.1, 0.15) is 17.2 Å². The third-order valence-electron chi connectivity index (χ3n) is 4.20. The zero-order chi connectivity index (χ0) is 20.6. The lowest BCUT2D eigenvalue weighted by atomic mass is 10.2. The summed E-state index contributed by atoms with van der Waals surface area (Å²) < 4.78 is 10.7. The van der Waals surface area contributed by atoms with E-state index in [1.54, 1.807) is 38.5 Å². The summed E-state index contributed by atoms with van der Waals surface area (Å²) in [6, 6.07) is 22.2. The Morgan fingerprint density at radius 2 is 1.41 bits per heavy atom. The second-order valence-electron chi connectivity index (χ2n) is 6.28. The molecule has 0 bridgehead atoms. The number of para-hydroxylation sites is 4. The van der Waals surface area contributed by atoms with Crippen molar-refractivity contribution in [2.75, 3.05) is 24.9 Å². The Labute approximate surface area is 170 Å². The van der Waals surface area contributed by atoms with E-state index in [1.807, 2.05) is 55.5 Å². The van der Waals surface area contributed by atoms with Crippen molar-refractivity contribution in [3.05, 3.63) is 78.4 Å². The summed E-state index contributed by atoms with van der Waals surface area (Å²) in [7, 11) is 3.12. The molecule has 0 aliphatic heterocycles. The van der Waals surface area contributed by atoms with Gasteiger partial charge in [0.25, 0.3) is 5.91 Å². The van der Waals surface area contributed by atoms with Crippen LogP contribution >= 0.6 is 0 Å². The van der Waals surface area contributed by atoms with Gasteiger partial charge in [-0.25, -0.2) is 4.99 Å². The van der Waals surface area contributed by atoms with Crippen molar-refractivity contribution in [3.63, 3.8) is 0 Å². The maximum Gasteiger partial charge on any atom is 0.291 e. The number of rotatable bonds is 5. The summed E-state index contributed by atoms with van der Waals surface area (Å²) in [5.74, 6) is 0.860. The van der Waals surface area contributed by atoms with E-state index in [-0.39, 0.29) is 5.84 Å². The minimum Gasteiger partial charge on any atom is -0.495 e. The van der Waals surface area contributed by atoms with Crippen LogP contribution in [-0.2, 0) is 4.79 Å². The number of ether oxygens (including phenoxy) is 2. The lowest BCUT2D eigenvalue weighted by Crippen LogP contribution is -2.29. The summed E-state index contributed by atoms with van der Waals surface area (Å²) in [4.78, 5) is 17.6. The van der Waals surface area contributed by atoms with E-state index in [9.17, 15) is 4.79 Å². The molecule has 1 amide bonds. The summed E-state index contributed by atoms with van der Waals surface area (Å²) in [6.07, 6.45) is 0. The molecule has 3 rings (SSSR count). The lowest BCUT2D eigenvalue weighted by Gasteiger charge is -2.14. The highest BCUT2D eigenvalue weighted by Crippen LogP contribution is 2.27. The molecule has 0 aliphatic rings. The molecule has 2 N–H and O–H groups in total. The second kappa shape index (κ2) is 9.41. The van der Waals surface area contributed by atoms with E-state index in [0.29, 0.717) is 22.9 Å². The van der Waals surface area contributed by atoms with E-state index < -0.39 is 5.91 Å². The molecule has 0 saturated carbocycles. The Balaban J connectivity index is 1.96. The molecule has 0 aliphatic carbocycles. The fraction of sp³-hybridized carbons (Fsp3) is 0.130. The van der Waals surface area contributed by atoms with Crippen molar-refractivity contribution in [3.8, 4) is 11.5 Å². The molecule has 0 unspecified atom stereocenters. The second-order valence-corrected chi connectivity index (χ2v) is 6.28. The van der Waals surface area contributed by atoms with Gasteiger partial charge in [-0.15, -0.1) is 0 Å². The van der Waals surface area contributed by atoms with Crippen LogP contribution in [-0.4, -0.2) is 26.0 Å². The van der Waals surface area contributed by atoms with E-state index in [1.165, 1.54) is 0 Å². The first-order valence-electron chi connectivity index (χ1n) is 9.10. The molecule has 0 saturated heterocycles. The van der Waals surface area contributed by atoms with Gasteiger partial charge >= 0.3 is 0 Å². The topological polar surface area (TPSA) is 72.0 Å². The van der Waals surface area contributed by atoms with Crippen LogP contribution in [0.2, 0.25) is 0 Å². The number of hydrogen-bond acceptors (Lipinski definition) is 4. The van der Waals surface area contributed by atoms with E-state index in [4.69, 9.17) is 9.47 Å². The van der Waals surface area contributed by atoms with Crippen LogP contribution in [0.15, 0.2) is 77.8 Å². The van der Waals surface area contributed by atoms with Crippen LogP contribution in [0, 0.1) is 6.92 Å². The predicted molar refractivity (Wildman–Crippen MR) is 117 cm³/mol. The Hall–Kier alpha value is -3.80. The number of hydrogen-bond donors (Lipinski definition) is 2. The zero-order valence-corrected chi connectivity index (χ0v) is 16.6. The number of benzene rings is 3. The van der Waals surface area contributed by atoms with E-state index >= 15 is 0 Å². The number of anilines is 2. The molecule has 0 spiro atoms. The van der Waals surface area contributed by atoms with Crippen molar-refractivity contribution in [1.29, 1.82) is 0 Å². The molecular weight excluding hydrogens is 366 g/mol. The number of nitrogens with one attached hydrogen (secondary N) is 2. The summed E-state index contributed by atoms with van der Waals surface area (Å²) in [5.41, 5.74) is 2.97. The standard InChI is InChI=1S/C23H23N3O3/c1-16-12-14-17(15-13-16)24-22(25-18-8-4-6-10-20(18)28-2)23(27)26-19-9-5-7-11-21(19)29-3/h4-15H,1-3H3,(H,24,25)(H,26,27). The smallest absolute Gasteiger partial charge is 0.291 e. The largest absolute Gasteiger partial charge is 0.495 e. The Morgan fingerprint density at radius 1 is 0.793 bits per heavy atom. The van der Waals surface area contributed by atoms with Crippen LogP contribution in [0.5, 0.6) is 11.5 Å². The van der Waals surface area contributed by atoms with E-state index in [2.05, 4.69) is 15.6 Å². The molecule has 0 radical (unpaired) electrons. The number of carbonyl (C=O) groups is 1. The molecular formula is C23H23N3O3. The first kappa shape index (κ1) is 19.9. The van der Waals surface area contributed by atoms with Crippen molar-refractivity contribution in [2.24, 2.45) is 4.99 Å². The zero-order valence-electron chi connectivity index (χ0n) is 16.6. The molecule has 3 aromatic rings. The quantitative estimate of drug-likeness (QED) is 0.486. The molecule has 0 aromatic heterocycles. The minimum atomic E-state index is -0.402. The molecule has 0 atom stereocenters. The SMILES string of the molecule is COc1ccccc1N=C(Nc1ccc(C)cc1)C(=O)Nc1ccccc1OC. The maximum absolute atomic E-state index is 13.1. The van der Waals surface area contributed by atoms with Crippen LogP contribution in [0.1, 0.15) is 5.56 Å². The molecule has 3 aromatic carbocycles. The van der Waals surface area contributed by atoms with Gasteiger partial charge in [0.05, 0.1) is 19.9 Å². The fourth-order valence-corrected chi connectivity index (χ4v) is 2.68. The van der Waals surface area contributed by atoms with Crippen molar-refractivity contribution in [2.45, 2.75) is 6.92 Å². The Kier molecular flexibility index (Phi) is 6.47. The third-order valence-corrected chi connectivity index (χ3v) is 4.20. The van der Waals surface area contributed by atoms with Gasteiger partial charge in [0.2, 0.25) is 0 Å². The lowest BCUT2D eigenvalue weighted by molar-refractivity contribution is -0.110. The van der Waals surface area contributed by atoms with Crippen molar-refractivity contribution >= 4 is 28.8 Å². The minimum absolute atomic E-state index is 0.129.